The summed E-state index contributed by atoms with van der Waals surface area (Å²) in [5, 5.41) is 12.5. The molecule has 1 aliphatic heterocycles. The van der Waals surface area contributed by atoms with Gasteiger partial charge in [-0.3, -0.25) is 9.59 Å². The van der Waals surface area contributed by atoms with Crippen molar-refractivity contribution in [3.05, 3.63) is 29.8 Å². The Labute approximate surface area is 144 Å². The van der Waals surface area contributed by atoms with Crippen LogP contribution in [0.25, 0.3) is 0 Å². The van der Waals surface area contributed by atoms with Crippen molar-refractivity contribution in [3.63, 3.8) is 0 Å². The van der Waals surface area contributed by atoms with Crippen LogP contribution in [0.3, 0.4) is 0 Å². The number of amides is 2. The minimum Gasteiger partial charge on any atom is -0.392 e. The van der Waals surface area contributed by atoms with E-state index >= 15 is 0 Å². The number of aryl methyl sites for hydroxylation is 1. The fourth-order valence-corrected chi connectivity index (χ4v) is 2.77. The van der Waals surface area contributed by atoms with Crippen molar-refractivity contribution in [3.8, 4) is 0 Å². The van der Waals surface area contributed by atoms with Crippen LogP contribution in [-0.4, -0.2) is 41.0 Å². The van der Waals surface area contributed by atoms with Crippen molar-refractivity contribution in [2.75, 3.05) is 18.4 Å². The molecule has 0 saturated carbocycles. The first-order chi connectivity index (χ1) is 11.5. The van der Waals surface area contributed by atoms with Gasteiger partial charge in [0.15, 0.2) is 0 Å². The van der Waals surface area contributed by atoms with Gasteiger partial charge in [-0.1, -0.05) is 26.0 Å². The lowest BCUT2D eigenvalue weighted by Gasteiger charge is -2.15. The maximum Gasteiger partial charge on any atom is 0.226 e. The van der Waals surface area contributed by atoms with Crippen molar-refractivity contribution < 1.29 is 14.7 Å². The molecule has 1 heterocycles. The Morgan fingerprint density at radius 3 is 2.38 bits per heavy atom. The van der Waals surface area contributed by atoms with Crippen LogP contribution < -0.4 is 5.32 Å². The normalized spacial score (nSPS) is 15.6. The summed E-state index contributed by atoms with van der Waals surface area (Å²) in [5.74, 6) is 0.104. The van der Waals surface area contributed by atoms with Crippen molar-refractivity contribution in [2.45, 2.75) is 52.1 Å². The number of carbonyl (C=O) groups is 2. The molecular formula is C19H28N2O3. The molecular weight excluding hydrogens is 304 g/mol. The average molecular weight is 332 g/mol. The van der Waals surface area contributed by atoms with Crippen LogP contribution >= 0.6 is 0 Å². The molecule has 1 fully saturated rings. The number of aliphatic hydroxyl groups excluding tert-OH is 1. The second-order valence-electron chi connectivity index (χ2n) is 6.85. The summed E-state index contributed by atoms with van der Waals surface area (Å²) in [6.07, 6.45) is 2.96. The fourth-order valence-electron chi connectivity index (χ4n) is 2.77. The number of nitrogens with zero attached hydrogens (tertiary/aromatic N) is 1. The molecule has 2 N–H and O–H groups in total. The molecule has 5 nitrogen and oxygen atoms in total. The van der Waals surface area contributed by atoms with E-state index in [1.54, 1.807) is 0 Å². The SMILES string of the molecule is CC(C)C(O)CC(=O)Nc1ccc(CCC(=O)N2CCCC2)cc1. The number of carbonyl (C=O) groups excluding carboxylic acids is 2. The number of rotatable bonds is 7. The van der Waals surface area contributed by atoms with Crippen molar-refractivity contribution in [2.24, 2.45) is 5.92 Å². The number of likely N-dealkylation sites (tertiary alicyclic amines) is 1. The monoisotopic (exact) mass is 332 g/mol. The van der Waals surface area contributed by atoms with Gasteiger partial charge in [-0.25, -0.2) is 0 Å². The highest BCUT2D eigenvalue weighted by molar-refractivity contribution is 5.91. The Kier molecular flexibility index (Phi) is 6.79. The molecule has 1 aliphatic rings. The highest BCUT2D eigenvalue weighted by Crippen LogP contribution is 2.15. The molecule has 0 aliphatic carbocycles. The highest BCUT2D eigenvalue weighted by atomic mass is 16.3. The minimum atomic E-state index is -0.624. The zero-order valence-corrected chi connectivity index (χ0v) is 14.6. The predicted molar refractivity (Wildman–Crippen MR) is 94.7 cm³/mol. The van der Waals surface area contributed by atoms with E-state index in [9.17, 15) is 14.7 Å². The Bertz CT molecular complexity index is 548. The molecule has 24 heavy (non-hydrogen) atoms. The molecule has 5 heteroatoms. The maximum atomic E-state index is 12.0. The summed E-state index contributed by atoms with van der Waals surface area (Å²) in [5.41, 5.74) is 1.80. The van der Waals surface area contributed by atoms with Crippen LogP contribution in [0.4, 0.5) is 5.69 Å². The fraction of sp³-hybridized carbons (Fsp3) is 0.579. The molecule has 2 rings (SSSR count). The molecule has 1 aromatic carbocycles. The second-order valence-corrected chi connectivity index (χ2v) is 6.85. The first-order valence-corrected chi connectivity index (χ1v) is 8.80. The number of aliphatic hydroxyl groups is 1. The Hall–Kier alpha value is -1.88. The van der Waals surface area contributed by atoms with E-state index < -0.39 is 6.10 Å². The molecule has 132 valence electrons. The van der Waals surface area contributed by atoms with E-state index in [-0.39, 0.29) is 24.2 Å². The van der Waals surface area contributed by atoms with Gasteiger partial charge in [0.25, 0.3) is 0 Å². The van der Waals surface area contributed by atoms with Crippen LogP contribution in [0.15, 0.2) is 24.3 Å². The molecule has 0 spiro atoms. The lowest BCUT2D eigenvalue weighted by Crippen LogP contribution is -2.27. The Morgan fingerprint density at radius 2 is 1.79 bits per heavy atom. The molecule has 1 unspecified atom stereocenters. The third-order valence-electron chi connectivity index (χ3n) is 4.49. The van der Waals surface area contributed by atoms with Crippen LogP contribution in [0.2, 0.25) is 0 Å². The molecule has 1 saturated heterocycles. The first-order valence-electron chi connectivity index (χ1n) is 8.80. The summed E-state index contributed by atoms with van der Waals surface area (Å²) < 4.78 is 0. The Balaban J connectivity index is 1.77. The quantitative estimate of drug-likeness (QED) is 0.806. The average Bonchev–Trinajstić information content (AvgIpc) is 3.08. The number of benzene rings is 1. The second kappa shape index (κ2) is 8.83. The molecule has 2 amide bonds. The van der Waals surface area contributed by atoms with Crippen molar-refractivity contribution >= 4 is 17.5 Å². The van der Waals surface area contributed by atoms with Crippen LogP contribution in [0.1, 0.15) is 45.1 Å². The third-order valence-corrected chi connectivity index (χ3v) is 4.49. The van der Waals surface area contributed by atoms with E-state index in [4.69, 9.17) is 0 Å². The van der Waals surface area contributed by atoms with E-state index in [1.807, 2.05) is 43.0 Å². The standard InChI is InChI=1S/C19H28N2O3/c1-14(2)17(22)13-18(23)20-16-8-5-15(6-9-16)7-10-19(24)21-11-3-4-12-21/h5-6,8-9,14,17,22H,3-4,7,10-13H2,1-2H3,(H,20,23). The summed E-state index contributed by atoms with van der Waals surface area (Å²) in [6.45, 7) is 5.56. The van der Waals surface area contributed by atoms with Gasteiger partial charge in [0.2, 0.25) is 11.8 Å². The van der Waals surface area contributed by atoms with Crippen molar-refractivity contribution in [1.82, 2.24) is 4.90 Å². The summed E-state index contributed by atoms with van der Waals surface area (Å²) >= 11 is 0. The smallest absolute Gasteiger partial charge is 0.226 e. The molecule has 1 atom stereocenters. The van der Waals surface area contributed by atoms with Gasteiger partial charge < -0.3 is 15.3 Å². The third kappa shape index (κ3) is 5.64. The van der Waals surface area contributed by atoms with E-state index in [1.165, 1.54) is 0 Å². The molecule has 1 aromatic rings. The lowest BCUT2D eigenvalue weighted by molar-refractivity contribution is -0.130. The summed E-state index contributed by atoms with van der Waals surface area (Å²) in [4.78, 5) is 25.8. The van der Waals surface area contributed by atoms with Gasteiger partial charge in [0.05, 0.1) is 12.5 Å². The summed E-state index contributed by atoms with van der Waals surface area (Å²) in [6, 6.07) is 7.56. The zero-order chi connectivity index (χ0) is 17.5. The van der Waals surface area contributed by atoms with Gasteiger partial charge in [-0.2, -0.15) is 0 Å². The van der Waals surface area contributed by atoms with Gasteiger partial charge in [0.1, 0.15) is 0 Å². The molecule has 0 aromatic heterocycles. The van der Waals surface area contributed by atoms with Gasteiger partial charge >= 0.3 is 0 Å². The molecule has 0 bridgehead atoms. The van der Waals surface area contributed by atoms with Gasteiger partial charge in [-0.05, 0) is 42.9 Å². The largest absolute Gasteiger partial charge is 0.392 e. The van der Waals surface area contributed by atoms with Gasteiger partial charge in [-0.15, -0.1) is 0 Å². The van der Waals surface area contributed by atoms with Crippen LogP contribution in [-0.2, 0) is 16.0 Å². The highest BCUT2D eigenvalue weighted by Gasteiger charge is 2.17. The molecule has 0 radical (unpaired) electrons. The van der Waals surface area contributed by atoms with Crippen molar-refractivity contribution in [1.29, 1.82) is 0 Å². The van der Waals surface area contributed by atoms with E-state index in [0.717, 1.165) is 37.9 Å². The van der Waals surface area contributed by atoms with Crippen LogP contribution in [0.5, 0.6) is 0 Å². The Morgan fingerprint density at radius 1 is 1.17 bits per heavy atom. The number of hydrogen-bond donors (Lipinski definition) is 2. The maximum absolute atomic E-state index is 12.0. The van der Waals surface area contributed by atoms with Gasteiger partial charge in [0, 0.05) is 25.2 Å². The predicted octanol–water partition coefficient (Wildman–Crippen LogP) is 2.59. The van der Waals surface area contributed by atoms with E-state index in [0.29, 0.717) is 12.1 Å². The number of nitrogens with one attached hydrogen (secondary N) is 1. The zero-order valence-electron chi connectivity index (χ0n) is 14.6. The topological polar surface area (TPSA) is 69.6 Å². The van der Waals surface area contributed by atoms with Crippen LogP contribution in [0, 0.1) is 5.92 Å². The minimum absolute atomic E-state index is 0.0614. The first kappa shape index (κ1) is 18.5. The van der Waals surface area contributed by atoms with E-state index in [2.05, 4.69) is 5.32 Å². The summed E-state index contributed by atoms with van der Waals surface area (Å²) in [7, 11) is 0. The number of hydrogen-bond acceptors (Lipinski definition) is 3. The number of anilines is 1. The lowest BCUT2D eigenvalue weighted by atomic mass is 10.0.